The van der Waals surface area contributed by atoms with Gasteiger partial charge in [0.15, 0.2) is 0 Å². The topological polar surface area (TPSA) is 43.8 Å². The van der Waals surface area contributed by atoms with Crippen LogP contribution in [0.1, 0.15) is 82.4 Å². The third kappa shape index (κ3) is 3.68. The molecule has 3 heteroatoms. The molecule has 3 nitrogen and oxygen atoms in total. The normalized spacial score (nSPS) is 23.9. The maximum Gasteiger partial charge on any atom is 0.0630 e. The largest absolute Gasteiger partial charge is 0.330 e. The van der Waals surface area contributed by atoms with E-state index in [0.29, 0.717) is 11.5 Å². The molecule has 2 saturated carbocycles. The molecule has 21 heavy (non-hydrogen) atoms. The van der Waals surface area contributed by atoms with E-state index in [1.165, 1.54) is 76.3 Å². The fourth-order valence-electron chi connectivity index (χ4n) is 4.34. The summed E-state index contributed by atoms with van der Waals surface area (Å²) in [7, 11) is 0. The van der Waals surface area contributed by atoms with Gasteiger partial charge in [-0.15, -0.1) is 0 Å². The summed E-state index contributed by atoms with van der Waals surface area (Å²) in [5, 5.41) is 4.91. The van der Waals surface area contributed by atoms with Gasteiger partial charge in [0, 0.05) is 6.20 Å². The Hall–Kier alpha value is -0.830. The predicted octanol–water partition coefficient (Wildman–Crippen LogP) is 4.23. The molecule has 0 atom stereocenters. The summed E-state index contributed by atoms with van der Waals surface area (Å²) in [6.07, 6.45) is 18.1. The van der Waals surface area contributed by atoms with Crippen molar-refractivity contribution in [3.05, 3.63) is 18.0 Å². The monoisotopic (exact) mass is 289 g/mol. The lowest BCUT2D eigenvalue weighted by atomic mass is 9.76. The van der Waals surface area contributed by atoms with Crippen molar-refractivity contribution in [3.8, 4) is 0 Å². The lowest BCUT2D eigenvalue weighted by Gasteiger charge is -2.30. The Bertz CT molecular complexity index is 423. The minimum absolute atomic E-state index is 0.322. The van der Waals surface area contributed by atoms with Crippen LogP contribution in [0.5, 0.6) is 0 Å². The van der Waals surface area contributed by atoms with Gasteiger partial charge >= 0.3 is 0 Å². The van der Waals surface area contributed by atoms with Crippen LogP contribution in [0, 0.1) is 5.41 Å². The minimum Gasteiger partial charge on any atom is -0.330 e. The molecule has 3 rings (SSSR count). The number of nitrogens with zero attached hydrogens (tertiary/aromatic N) is 2. The number of hydrogen-bond donors (Lipinski definition) is 1. The van der Waals surface area contributed by atoms with Gasteiger partial charge < -0.3 is 5.73 Å². The van der Waals surface area contributed by atoms with Crippen LogP contribution in [0.25, 0.3) is 0 Å². The number of nitrogens with two attached hydrogens (primary N) is 1. The van der Waals surface area contributed by atoms with Crippen molar-refractivity contribution in [3.63, 3.8) is 0 Å². The molecule has 2 fully saturated rings. The number of aromatic nitrogens is 2. The summed E-state index contributed by atoms with van der Waals surface area (Å²) in [6.45, 7) is 0.823. The standard InChI is InChI=1S/C18H31N3/c19-15-18(11-6-1-2-7-12-18)14-16-10-13-21(20-16)17-8-4-3-5-9-17/h10,13,17H,1-9,11-12,14-15,19H2. The van der Waals surface area contributed by atoms with Crippen molar-refractivity contribution >= 4 is 0 Å². The van der Waals surface area contributed by atoms with Gasteiger partial charge in [-0.3, -0.25) is 4.68 Å². The third-order valence-electron chi connectivity index (χ3n) is 5.77. The molecule has 2 aliphatic rings. The van der Waals surface area contributed by atoms with E-state index >= 15 is 0 Å². The third-order valence-corrected chi connectivity index (χ3v) is 5.77. The first kappa shape index (κ1) is 15.1. The van der Waals surface area contributed by atoms with E-state index in [9.17, 15) is 0 Å². The fourth-order valence-corrected chi connectivity index (χ4v) is 4.34. The van der Waals surface area contributed by atoms with Crippen LogP contribution in [0.15, 0.2) is 12.3 Å². The zero-order valence-corrected chi connectivity index (χ0v) is 13.4. The number of rotatable bonds is 4. The van der Waals surface area contributed by atoms with Crippen molar-refractivity contribution in [1.82, 2.24) is 9.78 Å². The van der Waals surface area contributed by atoms with Crippen LogP contribution < -0.4 is 5.73 Å². The SMILES string of the molecule is NCC1(Cc2ccn(C3CCCCC3)n2)CCCCCC1. The summed E-state index contributed by atoms with van der Waals surface area (Å²) in [5.41, 5.74) is 7.76. The first-order valence-electron chi connectivity index (χ1n) is 9.05. The zero-order valence-electron chi connectivity index (χ0n) is 13.4. The average molecular weight is 289 g/mol. The highest BCUT2D eigenvalue weighted by Crippen LogP contribution is 2.37. The highest BCUT2D eigenvalue weighted by atomic mass is 15.3. The van der Waals surface area contributed by atoms with Gasteiger partial charge in [0.2, 0.25) is 0 Å². The molecule has 0 amide bonds. The molecule has 0 spiro atoms. The van der Waals surface area contributed by atoms with Crippen LogP contribution in [-0.4, -0.2) is 16.3 Å². The van der Waals surface area contributed by atoms with Crippen LogP contribution in [-0.2, 0) is 6.42 Å². The van der Waals surface area contributed by atoms with Gasteiger partial charge in [-0.1, -0.05) is 44.9 Å². The summed E-state index contributed by atoms with van der Waals surface area (Å²) in [5.74, 6) is 0. The molecule has 118 valence electrons. The second kappa shape index (κ2) is 6.95. The molecule has 0 bridgehead atoms. The molecular weight excluding hydrogens is 258 g/mol. The Morgan fingerprint density at radius 3 is 2.38 bits per heavy atom. The molecule has 0 radical (unpaired) electrons. The smallest absolute Gasteiger partial charge is 0.0630 e. The van der Waals surface area contributed by atoms with Crippen molar-refractivity contribution in [2.75, 3.05) is 6.54 Å². The Kier molecular flexibility index (Phi) is 4.99. The van der Waals surface area contributed by atoms with E-state index < -0.39 is 0 Å². The molecule has 0 saturated heterocycles. The second-order valence-corrected chi connectivity index (χ2v) is 7.37. The van der Waals surface area contributed by atoms with Crippen LogP contribution in [0.3, 0.4) is 0 Å². The average Bonchev–Trinajstić information content (AvgIpc) is 2.86. The van der Waals surface area contributed by atoms with E-state index in [2.05, 4.69) is 16.9 Å². The summed E-state index contributed by atoms with van der Waals surface area (Å²) in [6, 6.07) is 2.90. The van der Waals surface area contributed by atoms with Gasteiger partial charge in [-0.2, -0.15) is 5.10 Å². The van der Waals surface area contributed by atoms with E-state index in [1.54, 1.807) is 0 Å². The number of hydrogen-bond acceptors (Lipinski definition) is 2. The predicted molar refractivity (Wildman–Crippen MR) is 87.2 cm³/mol. The Morgan fingerprint density at radius 2 is 1.71 bits per heavy atom. The molecule has 2 aliphatic carbocycles. The summed E-state index contributed by atoms with van der Waals surface area (Å²) in [4.78, 5) is 0. The lowest BCUT2D eigenvalue weighted by Crippen LogP contribution is -2.32. The molecule has 1 aromatic rings. The second-order valence-electron chi connectivity index (χ2n) is 7.37. The Morgan fingerprint density at radius 1 is 1.05 bits per heavy atom. The van der Waals surface area contributed by atoms with Crippen molar-refractivity contribution in [1.29, 1.82) is 0 Å². The Labute approximate surface area is 129 Å². The van der Waals surface area contributed by atoms with Crippen molar-refractivity contribution in [2.24, 2.45) is 11.1 Å². The Balaban J connectivity index is 1.67. The van der Waals surface area contributed by atoms with Crippen LogP contribution in [0.2, 0.25) is 0 Å². The quantitative estimate of drug-likeness (QED) is 0.843. The maximum absolute atomic E-state index is 6.17. The maximum atomic E-state index is 6.17. The van der Waals surface area contributed by atoms with Gasteiger partial charge in [0.05, 0.1) is 11.7 Å². The molecule has 1 heterocycles. The van der Waals surface area contributed by atoms with Gasteiger partial charge in [0.1, 0.15) is 0 Å². The molecule has 0 aromatic carbocycles. The zero-order chi connectivity index (χ0) is 14.5. The van der Waals surface area contributed by atoms with Gasteiger partial charge in [0.25, 0.3) is 0 Å². The van der Waals surface area contributed by atoms with E-state index in [-0.39, 0.29) is 0 Å². The fraction of sp³-hybridized carbons (Fsp3) is 0.833. The summed E-state index contributed by atoms with van der Waals surface area (Å²) >= 11 is 0. The minimum atomic E-state index is 0.322. The summed E-state index contributed by atoms with van der Waals surface area (Å²) < 4.78 is 2.25. The molecule has 1 aromatic heterocycles. The molecular formula is C18H31N3. The molecule has 0 unspecified atom stereocenters. The lowest BCUT2D eigenvalue weighted by molar-refractivity contribution is 0.247. The van der Waals surface area contributed by atoms with Crippen LogP contribution >= 0.6 is 0 Å². The van der Waals surface area contributed by atoms with E-state index in [4.69, 9.17) is 10.8 Å². The van der Waals surface area contributed by atoms with E-state index in [1.807, 2.05) is 0 Å². The molecule has 2 N–H and O–H groups in total. The van der Waals surface area contributed by atoms with Crippen molar-refractivity contribution < 1.29 is 0 Å². The van der Waals surface area contributed by atoms with Crippen molar-refractivity contribution in [2.45, 2.75) is 83.1 Å². The van der Waals surface area contributed by atoms with Crippen LogP contribution in [0.4, 0.5) is 0 Å². The van der Waals surface area contributed by atoms with E-state index in [0.717, 1.165) is 13.0 Å². The highest BCUT2D eigenvalue weighted by Gasteiger charge is 2.30. The van der Waals surface area contributed by atoms with Gasteiger partial charge in [-0.25, -0.2) is 0 Å². The molecule has 0 aliphatic heterocycles. The first-order chi connectivity index (χ1) is 10.3. The first-order valence-corrected chi connectivity index (χ1v) is 9.05. The highest BCUT2D eigenvalue weighted by molar-refractivity contribution is 5.05. The van der Waals surface area contributed by atoms with Gasteiger partial charge in [-0.05, 0) is 50.1 Å².